The van der Waals surface area contributed by atoms with Crippen molar-refractivity contribution >= 4 is 17.7 Å². The summed E-state index contributed by atoms with van der Waals surface area (Å²) < 4.78 is 0. The molecule has 1 aliphatic heterocycles. The highest BCUT2D eigenvalue weighted by Crippen LogP contribution is 2.23. The summed E-state index contributed by atoms with van der Waals surface area (Å²) in [4.78, 5) is 25.3. The van der Waals surface area contributed by atoms with Gasteiger partial charge in [0.1, 0.15) is 5.75 Å². The first-order chi connectivity index (χ1) is 9.99. The minimum atomic E-state index is -1.19. The Morgan fingerprint density at radius 3 is 2.76 bits per heavy atom. The molecule has 0 spiro atoms. The number of hydrogen-bond donors (Lipinski definition) is 3. The molecule has 6 heteroatoms. The molecule has 1 saturated heterocycles. The van der Waals surface area contributed by atoms with E-state index in [1.165, 1.54) is 12.1 Å². The predicted octanol–water partition coefficient (Wildman–Crippen LogP) is 2.89. The Morgan fingerprint density at radius 2 is 2.05 bits per heavy atom. The highest BCUT2D eigenvalue weighted by atomic mass is 16.4. The Labute approximate surface area is 123 Å². The SMILES string of the molecule is CC1CCCCCN1C(=O)Nc1ccc(O)cc1C(=O)O. The van der Waals surface area contributed by atoms with Gasteiger partial charge < -0.3 is 20.4 Å². The molecule has 0 radical (unpaired) electrons. The molecule has 2 rings (SSSR count). The van der Waals surface area contributed by atoms with Crippen molar-refractivity contribution in [2.75, 3.05) is 11.9 Å². The van der Waals surface area contributed by atoms with Gasteiger partial charge in [-0.15, -0.1) is 0 Å². The van der Waals surface area contributed by atoms with Gasteiger partial charge in [0.2, 0.25) is 0 Å². The zero-order valence-electron chi connectivity index (χ0n) is 12.0. The Balaban J connectivity index is 2.17. The maximum atomic E-state index is 12.3. The monoisotopic (exact) mass is 292 g/mol. The first kappa shape index (κ1) is 15.2. The Bertz CT molecular complexity index is 544. The van der Waals surface area contributed by atoms with E-state index in [1.54, 1.807) is 4.90 Å². The van der Waals surface area contributed by atoms with Crippen LogP contribution in [0.4, 0.5) is 10.5 Å². The van der Waals surface area contributed by atoms with Crippen LogP contribution < -0.4 is 5.32 Å². The number of rotatable bonds is 2. The number of carboxylic acids is 1. The maximum absolute atomic E-state index is 12.3. The van der Waals surface area contributed by atoms with Crippen LogP contribution in [-0.2, 0) is 0 Å². The molecule has 1 aromatic rings. The molecule has 1 aromatic carbocycles. The molecule has 0 bridgehead atoms. The number of aromatic hydroxyl groups is 1. The normalized spacial score (nSPS) is 18.9. The number of nitrogens with one attached hydrogen (secondary N) is 1. The Hall–Kier alpha value is -2.24. The molecular formula is C15H20N2O4. The van der Waals surface area contributed by atoms with E-state index in [1.807, 2.05) is 6.92 Å². The number of benzene rings is 1. The van der Waals surface area contributed by atoms with Gasteiger partial charge >= 0.3 is 12.0 Å². The van der Waals surface area contributed by atoms with Gasteiger partial charge in [0.15, 0.2) is 0 Å². The number of amides is 2. The summed E-state index contributed by atoms with van der Waals surface area (Å²) in [5.41, 5.74) is 0.0765. The number of likely N-dealkylation sites (tertiary alicyclic amines) is 1. The molecule has 1 heterocycles. The van der Waals surface area contributed by atoms with Crippen LogP contribution in [0, 0.1) is 0 Å². The molecule has 6 nitrogen and oxygen atoms in total. The third-order valence-corrected chi connectivity index (χ3v) is 3.79. The second kappa shape index (κ2) is 6.47. The molecule has 0 aliphatic carbocycles. The predicted molar refractivity (Wildman–Crippen MR) is 78.7 cm³/mol. The van der Waals surface area contributed by atoms with Gasteiger partial charge in [-0.1, -0.05) is 12.8 Å². The van der Waals surface area contributed by atoms with E-state index in [4.69, 9.17) is 5.11 Å². The van der Waals surface area contributed by atoms with Crippen molar-refractivity contribution in [3.8, 4) is 5.75 Å². The zero-order valence-corrected chi connectivity index (χ0v) is 12.0. The third kappa shape index (κ3) is 3.65. The lowest BCUT2D eigenvalue weighted by atomic mass is 10.1. The Kier molecular flexibility index (Phi) is 4.67. The van der Waals surface area contributed by atoms with Crippen molar-refractivity contribution in [2.24, 2.45) is 0 Å². The second-order valence-corrected chi connectivity index (χ2v) is 5.36. The van der Waals surface area contributed by atoms with Gasteiger partial charge in [0.25, 0.3) is 0 Å². The molecule has 2 amide bonds. The van der Waals surface area contributed by atoms with E-state index < -0.39 is 5.97 Å². The minimum absolute atomic E-state index is 0.120. The van der Waals surface area contributed by atoms with E-state index in [0.717, 1.165) is 31.7 Å². The molecule has 1 atom stereocenters. The summed E-state index contributed by atoms with van der Waals surface area (Å²) in [7, 11) is 0. The number of phenolic OH excluding ortho intramolecular Hbond substituents is 1. The molecule has 0 saturated carbocycles. The van der Waals surface area contributed by atoms with E-state index in [2.05, 4.69) is 5.32 Å². The van der Waals surface area contributed by atoms with Gasteiger partial charge in [-0.05, 0) is 38.0 Å². The summed E-state index contributed by atoms with van der Waals surface area (Å²) in [5.74, 6) is -1.33. The topological polar surface area (TPSA) is 89.9 Å². The molecule has 114 valence electrons. The number of carbonyl (C=O) groups excluding carboxylic acids is 1. The van der Waals surface area contributed by atoms with E-state index in [-0.39, 0.29) is 29.1 Å². The van der Waals surface area contributed by atoms with E-state index in [0.29, 0.717) is 6.54 Å². The number of carboxylic acid groups (broad SMARTS) is 1. The second-order valence-electron chi connectivity index (χ2n) is 5.36. The van der Waals surface area contributed by atoms with Crippen LogP contribution in [0.1, 0.15) is 43.0 Å². The molecule has 1 fully saturated rings. The first-order valence-electron chi connectivity index (χ1n) is 7.13. The Morgan fingerprint density at radius 1 is 1.29 bits per heavy atom. The van der Waals surface area contributed by atoms with Crippen LogP contribution in [0.15, 0.2) is 18.2 Å². The van der Waals surface area contributed by atoms with Crippen molar-refractivity contribution in [1.29, 1.82) is 0 Å². The number of carbonyl (C=O) groups is 2. The third-order valence-electron chi connectivity index (χ3n) is 3.79. The van der Waals surface area contributed by atoms with Crippen LogP contribution in [-0.4, -0.2) is 39.7 Å². The summed E-state index contributed by atoms with van der Waals surface area (Å²) >= 11 is 0. The van der Waals surface area contributed by atoms with Crippen molar-refractivity contribution in [2.45, 2.75) is 38.6 Å². The van der Waals surface area contributed by atoms with Crippen molar-refractivity contribution < 1.29 is 19.8 Å². The standard InChI is InChI=1S/C15H20N2O4/c1-10-5-3-2-4-8-17(10)15(21)16-13-7-6-11(18)9-12(13)14(19)20/h6-7,9-10,18H,2-5,8H2,1H3,(H,16,21)(H,19,20). The molecule has 0 aromatic heterocycles. The fourth-order valence-electron chi connectivity index (χ4n) is 2.58. The van der Waals surface area contributed by atoms with Crippen LogP contribution >= 0.6 is 0 Å². The number of aromatic carboxylic acids is 1. The fourth-order valence-corrected chi connectivity index (χ4v) is 2.58. The van der Waals surface area contributed by atoms with Crippen molar-refractivity contribution in [3.63, 3.8) is 0 Å². The van der Waals surface area contributed by atoms with Gasteiger partial charge in [0.05, 0.1) is 11.3 Å². The number of nitrogens with zero attached hydrogens (tertiary/aromatic N) is 1. The number of phenols is 1. The number of anilines is 1. The lowest BCUT2D eigenvalue weighted by Gasteiger charge is -2.27. The average molecular weight is 292 g/mol. The summed E-state index contributed by atoms with van der Waals surface area (Å²) in [6.07, 6.45) is 4.12. The minimum Gasteiger partial charge on any atom is -0.508 e. The van der Waals surface area contributed by atoms with Gasteiger partial charge in [-0.25, -0.2) is 9.59 Å². The molecular weight excluding hydrogens is 272 g/mol. The largest absolute Gasteiger partial charge is 0.508 e. The van der Waals surface area contributed by atoms with Crippen molar-refractivity contribution in [1.82, 2.24) is 4.90 Å². The lowest BCUT2D eigenvalue weighted by molar-refractivity contribution is 0.0697. The average Bonchev–Trinajstić information content (AvgIpc) is 2.65. The van der Waals surface area contributed by atoms with Gasteiger partial charge in [-0.2, -0.15) is 0 Å². The smallest absolute Gasteiger partial charge is 0.337 e. The van der Waals surface area contributed by atoms with Crippen LogP contribution in [0.25, 0.3) is 0 Å². The fraction of sp³-hybridized carbons (Fsp3) is 0.467. The first-order valence-corrected chi connectivity index (χ1v) is 7.13. The number of urea groups is 1. The highest BCUT2D eigenvalue weighted by molar-refractivity contribution is 6.00. The molecule has 3 N–H and O–H groups in total. The summed E-state index contributed by atoms with van der Waals surface area (Å²) in [6, 6.07) is 3.73. The summed E-state index contributed by atoms with van der Waals surface area (Å²) in [6.45, 7) is 2.67. The molecule has 1 unspecified atom stereocenters. The van der Waals surface area contributed by atoms with E-state index in [9.17, 15) is 14.7 Å². The van der Waals surface area contributed by atoms with E-state index >= 15 is 0 Å². The van der Waals surface area contributed by atoms with Crippen LogP contribution in [0.2, 0.25) is 0 Å². The molecule has 1 aliphatic rings. The number of hydrogen-bond acceptors (Lipinski definition) is 3. The van der Waals surface area contributed by atoms with Crippen LogP contribution in [0.5, 0.6) is 5.75 Å². The van der Waals surface area contributed by atoms with Crippen molar-refractivity contribution in [3.05, 3.63) is 23.8 Å². The van der Waals surface area contributed by atoms with Gasteiger partial charge in [0, 0.05) is 12.6 Å². The van der Waals surface area contributed by atoms with Crippen LogP contribution in [0.3, 0.4) is 0 Å². The maximum Gasteiger partial charge on any atom is 0.337 e. The highest BCUT2D eigenvalue weighted by Gasteiger charge is 2.23. The molecule has 21 heavy (non-hydrogen) atoms. The summed E-state index contributed by atoms with van der Waals surface area (Å²) in [5, 5.41) is 21.1. The quantitative estimate of drug-likeness (QED) is 0.731. The van der Waals surface area contributed by atoms with Gasteiger partial charge in [-0.3, -0.25) is 0 Å². The lowest BCUT2D eigenvalue weighted by Crippen LogP contribution is -2.41. The zero-order chi connectivity index (χ0) is 15.4.